The van der Waals surface area contributed by atoms with Gasteiger partial charge in [0, 0.05) is 65.0 Å². The number of nitrogens with zero attached hydrogens (tertiary/aromatic N) is 6. The molecule has 6 rings (SSSR count). The van der Waals surface area contributed by atoms with Crippen molar-refractivity contribution in [2.24, 2.45) is 4.99 Å². The molecule has 0 bridgehead atoms. The Bertz CT molecular complexity index is 1400. The third-order valence-electron chi connectivity index (χ3n) is 6.75. The normalized spacial score (nSPS) is 17.8. The number of aromatic nitrogens is 2. The third-order valence-corrected chi connectivity index (χ3v) is 6.75. The number of benzene rings is 1. The number of para-hydroxylation sites is 1. The molecule has 0 spiro atoms. The smallest absolute Gasteiger partial charge is 0.295 e. The van der Waals surface area contributed by atoms with Crippen molar-refractivity contribution in [1.82, 2.24) is 30.7 Å². The highest BCUT2D eigenvalue weighted by Crippen LogP contribution is 2.29. The molecule has 1 aromatic carbocycles. The highest BCUT2D eigenvalue weighted by Gasteiger charge is 2.32. The second kappa shape index (κ2) is 9.54. The van der Waals surface area contributed by atoms with E-state index < -0.39 is 17.5 Å². The number of nitrogens with one attached hydrogen (secondary N) is 3. The molecular formula is C25H28FN9O2. The van der Waals surface area contributed by atoms with E-state index in [9.17, 15) is 14.0 Å². The van der Waals surface area contributed by atoms with Crippen molar-refractivity contribution in [2.75, 3.05) is 49.2 Å². The van der Waals surface area contributed by atoms with Gasteiger partial charge < -0.3 is 25.1 Å². The van der Waals surface area contributed by atoms with E-state index in [2.05, 4.69) is 42.9 Å². The van der Waals surface area contributed by atoms with Crippen LogP contribution in [0.1, 0.15) is 18.2 Å². The lowest BCUT2D eigenvalue weighted by atomic mass is 10.1. The second-order valence-corrected chi connectivity index (χ2v) is 8.95. The fraction of sp³-hybridized carbons (Fsp3) is 0.280. The zero-order valence-electron chi connectivity index (χ0n) is 20.0. The number of H-pyrrole nitrogens is 1. The minimum atomic E-state index is -0.750. The summed E-state index contributed by atoms with van der Waals surface area (Å²) in [5.74, 6) is -0.805. The number of hydrazine groups is 2. The average molecular weight is 506 g/mol. The molecule has 11 nitrogen and oxygen atoms in total. The number of rotatable bonds is 4. The topological polar surface area (TPSA) is 112 Å². The number of Topliss-reactive ketones (excluding diaryl/α,β-unsaturated/α-hetero) is 1. The van der Waals surface area contributed by atoms with Crippen molar-refractivity contribution in [1.29, 1.82) is 0 Å². The fourth-order valence-electron chi connectivity index (χ4n) is 4.92. The number of carbonyl (C=O) groups excluding carboxylic acids is 2. The number of anilines is 2. The zero-order chi connectivity index (χ0) is 25.4. The molecule has 0 saturated carbocycles. The number of piperazine rings is 1. The molecule has 3 N–H and O–H groups in total. The predicted molar refractivity (Wildman–Crippen MR) is 139 cm³/mol. The molecular weight excluding hydrogens is 477 g/mol. The second-order valence-electron chi connectivity index (χ2n) is 8.95. The van der Waals surface area contributed by atoms with E-state index >= 15 is 0 Å². The van der Waals surface area contributed by atoms with E-state index in [0.29, 0.717) is 37.5 Å². The maximum absolute atomic E-state index is 14.8. The molecule has 0 unspecified atom stereocenters. The number of aromatic amines is 1. The van der Waals surface area contributed by atoms with Crippen LogP contribution in [-0.2, 0) is 4.79 Å². The van der Waals surface area contributed by atoms with Crippen LogP contribution in [0.3, 0.4) is 0 Å². The van der Waals surface area contributed by atoms with Crippen LogP contribution < -0.4 is 20.9 Å². The molecule has 2 aromatic heterocycles. The number of pyridine rings is 1. The number of aliphatic imine (C=N–C) groups is 1. The summed E-state index contributed by atoms with van der Waals surface area (Å²) in [6, 6.07) is 10.1. The van der Waals surface area contributed by atoms with E-state index in [-0.39, 0.29) is 12.4 Å². The highest BCUT2D eigenvalue weighted by molar-refractivity contribution is 6.45. The number of ketones is 1. The molecule has 5 heterocycles. The minimum absolute atomic E-state index is 0. The summed E-state index contributed by atoms with van der Waals surface area (Å²) in [6.45, 7) is 3.49. The molecule has 0 atom stereocenters. The molecule has 192 valence electrons. The average Bonchev–Trinajstić information content (AvgIpc) is 3.65. The van der Waals surface area contributed by atoms with Crippen LogP contribution in [0.5, 0.6) is 0 Å². The summed E-state index contributed by atoms with van der Waals surface area (Å²) in [5.41, 5.74) is 7.01. The van der Waals surface area contributed by atoms with Gasteiger partial charge in [0.15, 0.2) is 11.6 Å². The van der Waals surface area contributed by atoms with E-state index in [1.807, 2.05) is 18.2 Å². The van der Waals surface area contributed by atoms with Gasteiger partial charge in [0.2, 0.25) is 5.96 Å². The summed E-state index contributed by atoms with van der Waals surface area (Å²) in [6.07, 6.45) is 6.71. The van der Waals surface area contributed by atoms with E-state index in [1.54, 1.807) is 17.4 Å². The summed E-state index contributed by atoms with van der Waals surface area (Å²) in [7, 11) is 0. The summed E-state index contributed by atoms with van der Waals surface area (Å²) >= 11 is 0. The number of hydrogen-bond acceptors (Lipinski definition) is 9. The highest BCUT2D eigenvalue weighted by atomic mass is 19.1. The molecule has 1 amide bonds. The van der Waals surface area contributed by atoms with Crippen LogP contribution in [0.4, 0.5) is 15.9 Å². The number of fused-ring (bicyclic) bond motifs is 1. The minimum Gasteiger partial charge on any atom is -0.357 e. The maximum atomic E-state index is 14.8. The summed E-state index contributed by atoms with van der Waals surface area (Å²) in [4.78, 5) is 44.1. The van der Waals surface area contributed by atoms with Crippen LogP contribution >= 0.6 is 0 Å². The van der Waals surface area contributed by atoms with Crippen molar-refractivity contribution in [3.8, 4) is 0 Å². The number of amides is 1. The Balaban J connectivity index is 0.00000294. The summed E-state index contributed by atoms with van der Waals surface area (Å²) in [5, 5.41) is 1.58. The van der Waals surface area contributed by atoms with Gasteiger partial charge in [-0.1, -0.05) is 18.2 Å². The van der Waals surface area contributed by atoms with Crippen molar-refractivity contribution in [3.63, 3.8) is 0 Å². The fourth-order valence-corrected chi connectivity index (χ4v) is 4.92. The van der Waals surface area contributed by atoms with Gasteiger partial charge >= 0.3 is 0 Å². The van der Waals surface area contributed by atoms with Crippen LogP contribution in [0.2, 0.25) is 0 Å². The number of halogens is 1. The maximum Gasteiger partial charge on any atom is 0.295 e. The van der Waals surface area contributed by atoms with Crippen molar-refractivity contribution in [2.45, 2.75) is 6.42 Å². The van der Waals surface area contributed by atoms with Crippen LogP contribution in [-0.4, -0.2) is 76.7 Å². The molecule has 1 saturated heterocycles. The number of hydrogen-bond donors (Lipinski definition) is 3. The lowest BCUT2D eigenvalue weighted by molar-refractivity contribution is -0.127. The van der Waals surface area contributed by atoms with Crippen molar-refractivity contribution < 1.29 is 15.4 Å². The number of guanidine groups is 1. The first kappa shape index (κ1) is 23.0. The summed E-state index contributed by atoms with van der Waals surface area (Å²) < 4.78 is 14.8. The van der Waals surface area contributed by atoms with Gasteiger partial charge in [0.1, 0.15) is 0 Å². The van der Waals surface area contributed by atoms with Gasteiger partial charge in [-0.3, -0.25) is 14.6 Å². The van der Waals surface area contributed by atoms with Crippen LogP contribution in [0.15, 0.2) is 60.1 Å². The molecule has 0 radical (unpaired) electrons. The number of carbonyl (C=O) groups is 2. The first-order valence-corrected chi connectivity index (χ1v) is 12.2. The monoisotopic (exact) mass is 505 g/mol. The van der Waals surface area contributed by atoms with Gasteiger partial charge in [-0.05, 0) is 18.6 Å². The largest absolute Gasteiger partial charge is 0.357 e. The van der Waals surface area contributed by atoms with Gasteiger partial charge in [-0.25, -0.2) is 14.4 Å². The Morgan fingerprint density at radius 3 is 2.62 bits per heavy atom. The van der Waals surface area contributed by atoms with E-state index in [1.165, 1.54) is 11.1 Å². The third kappa shape index (κ3) is 4.14. The Hall–Kier alpha value is -4.45. The Labute approximate surface area is 213 Å². The molecule has 3 aromatic rings. The predicted octanol–water partition coefficient (Wildman–Crippen LogP) is 1.84. The molecule has 0 aliphatic carbocycles. The van der Waals surface area contributed by atoms with Gasteiger partial charge in [-0.15, -0.1) is 5.53 Å². The molecule has 37 heavy (non-hydrogen) atoms. The lowest BCUT2D eigenvalue weighted by Crippen LogP contribution is -2.56. The first-order valence-electron chi connectivity index (χ1n) is 12.2. The molecule has 1 fully saturated rings. The van der Waals surface area contributed by atoms with Crippen molar-refractivity contribution >= 4 is 40.1 Å². The molecule has 3 aliphatic rings. The van der Waals surface area contributed by atoms with E-state index in [0.717, 1.165) is 37.4 Å². The standard InChI is InChI=1S/C25H26FN9O2.H2/c26-19-16-29-23(35-10-8-30-31-35)21-20(19)18(15-28-21)22(36)24(37)32-11-13-33(14-12-32)25-27-7-4-9-34(25)17-5-2-1-3-6-17;/h1-3,5-6,8,10,15-16,28,30-31H,4,7,9,11-14H2;1H. The van der Waals surface area contributed by atoms with Gasteiger partial charge in [-0.2, -0.15) is 0 Å². The molecule has 3 aliphatic heterocycles. The molecule has 12 heteroatoms. The zero-order valence-corrected chi connectivity index (χ0v) is 20.0. The van der Waals surface area contributed by atoms with E-state index in [4.69, 9.17) is 4.99 Å². The SMILES string of the molecule is O=C(C(=O)N1CCN(C2=NCCCN2c2ccccc2)CC1)c1c[nH]c2c(N3C=CNN3)ncc(F)c12.[HH]. The quantitative estimate of drug-likeness (QED) is 0.364. The Kier molecular flexibility index (Phi) is 5.93. The Morgan fingerprint density at radius 2 is 1.86 bits per heavy atom. The lowest BCUT2D eigenvalue weighted by Gasteiger charge is -2.41. The van der Waals surface area contributed by atoms with Crippen molar-refractivity contribution in [3.05, 3.63) is 66.5 Å². The van der Waals surface area contributed by atoms with Gasteiger partial charge in [0.05, 0.1) is 22.7 Å². The Morgan fingerprint density at radius 1 is 1.05 bits per heavy atom. The van der Waals surface area contributed by atoms with Crippen LogP contribution in [0, 0.1) is 5.82 Å². The van der Waals surface area contributed by atoms with Gasteiger partial charge in [0.25, 0.3) is 11.7 Å². The van der Waals surface area contributed by atoms with Crippen LogP contribution in [0.25, 0.3) is 10.9 Å². The first-order chi connectivity index (χ1) is 18.1.